The molecule has 0 fully saturated rings. The Balaban J connectivity index is 2.08. The van der Waals surface area contributed by atoms with Gasteiger partial charge in [0.1, 0.15) is 0 Å². The van der Waals surface area contributed by atoms with E-state index in [-0.39, 0.29) is 5.91 Å². The normalized spacial score (nSPS) is 11.2. The number of aryl methyl sites for hydroxylation is 1. The molecule has 0 radical (unpaired) electrons. The second kappa shape index (κ2) is 6.48. The second-order valence-corrected chi connectivity index (χ2v) is 5.43. The molecule has 0 atom stereocenters. The highest BCUT2D eigenvalue weighted by Crippen LogP contribution is 2.12. The fourth-order valence-electron chi connectivity index (χ4n) is 1.68. The zero-order chi connectivity index (χ0) is 14.5. The molecule has 2 aromatic rings. The average molecular weight is 331 g/mol. The van der Waals surface area contributed by atoms with Crippen LogP contribution < -0.4 is 5.43 Å². The van der Waals surface area contributed by atoms with E-state index < -0.39 is 0 Å². The topological polar surface area (TPSA) is 41.5 Å². The summed E-state index contributed by atoms with van der Waals surface area (Å²) in [5.41, 5.74) is 6.01. The van der Waals surface area contributed by atoms with Crippen molar-refractivity contribution in [3.63, 3.8) is 0 Å². The number of nitrogens with zero attached hydrogens (tertiary/aromatic N) is 1. The van der Waals surface area contributed by atoms with Gasteiger partial charge in [-0.05, 0) is 43.7 Å². The van der Waals surface area contributed by atoms with Crippen LogP contribution in [0.5, 0.6) is 0 Å². The van der Waals surface area contributed by atoms with E-state index in [1.807, 2.05) is 50.2 Å². The van der Waals surface area contributed by atoms with Crippen molar-refractivity contribution in [2.45, 2.75) is 13.8 Å². The third kappa shape index (κ3) is 3.78. The minimum absolute atomic E-state index is 0.209. The molecule has 102 valence electrons. The quantitative estimate of drug-likeness (QED) is 0.672. The first kappa shape index (κ1) is 14.5. The minimum Gasteiger partial charge on any atom is -0.267 e. The molecule has 0 heterocycles. The molecule has 0 aliphatic carbocycles. The van der Waals surface area contributed by atoms with E-state index in [1.54, 1.807) is 12.1 Å². The van der Waals surface area contributed by atoms with Crippen molar-refractivity contribution in [1.82, 2.24) is 5.43 Å². The van der Waals surface area contributed by atoms with Crippen LogP contribution in [-0.4, -0.2) is 11.6 Å². The minimum atomic E-state index is -0.209. The number of hydrogen-bond donors (Lipinski definition) is 1. The molecule has 20 heavy (non-hydrogen) atoms. The standard InChI is InChI=1S/C16H15BrN2O/c1-11-6-8-13(9-7-11)16(20)19-18-12(2)14-4-3-5-15(17)10-14/h3-10H,1-2H3,(H,19,20)/b18-12+. The number of halogens is 1. The third-order valence-corrected chi connectivity index (χ3v) is 3.37. The Kier molecular flexibility index (Phi) is 4.69. The third-order valence-electron chi connectivity index (χ3n) is 2.88. The van der Waals surface area contributed by atoms with Gasteiger partial charge in [-0.15, -0.1) is 0 Å². The Morgan fingerprint density at radius 2 is 1.80 bits per heavy atom. The van der Waals surface area contributed by atoms with E-state index in [0.29, 0.717) is 5.56 Å². The van der Waals surface area contributed by atoms with E-state index >= 15 is 0 Å². The smallest absolute Gasteiger partial charge is 0.267 e. The Bertz CT molecular complexity index is 648. The number of hydrogen-bond acceptors (Lipinski definition) is 2. The van der Waals surface area contributed by atoms with Crippen LogP contribution in [-0.2, 0) is 0 Å². The maximum Gasteiger partial charge on any atom is 0.271 e. The van der Waals surface area contributed by atoms with Crippen LogP contribution in [0.3, 0.4) is 0 Å². The lowest BCUT2D eigenvalue weighted by Gasteiger charge is -2.04. The monoisotopic (exact) mass is 330 g/mol. The van der Waals surface area contributed by atoms with Crippen molar-refractivity contribution in [3.8, 4) is 0 Å². The van der Waals surface area contributed by atoms with Crippen LogP contribution in [0.25, 0.3) is 0 Å². The highest BCUT2D eigenvalue weighted by Gasteiger charge is 2.04. The summed E-state index contributed by atoms with van der Waals surface area (Å²) in [6, 6.07) is 15.2. The molecule has 3 nitrogen and oxygen atoms in total. The summed E-state index contributed by atoms with van der Waals surface area (Å²) in [7, 11) is 0. The van der Waals surface area contributed by atoms with Crippen molar-refractivity contribution in [2.75, 3.05) is 0 Å². The number of hydrazone groups is 1. The highest BCUT2D eigenvalue weighted by molar-refractivity contribution is 9.10. The molecular weight excluding hydrogens is 316 g/mol. The lowest BCUT2D eigenvalue weighted by atomic mass is 10.1. The predicted molar refractivity (Wildman–Crippen MR) is 85.0 cm³/mol. The first-order valence-corrected chi connectivity index (χ1v) is 7.03. The highest BCUT2D eigenvalue weighted by atomic mass is 79.9. The molecule has 0 spiro atoms. The number of carbonyl (C=O) groups excluding carboxylic acids is 1. The average Bonchev–Trinajstić information content (AvgIpc) is 2.45. The van der Waals surface area contributed by atoms with Gasteiger partial charge in [-0.1, -0.05) is 45.8 Å². The summed E-state index contributed by atoms with van der Waals surface area (Å²) in [6.07, 6.45) is 0. The van der Waals surface area contributed by atoms with Crippen molar-refractivity contribution < 1.29 is 4.79 Å². The fourth-order valence-corrected chi connectivity index (χ4v) is 2.08. The molecule has 2 aromatic carbocycles. The largest absolute Gasteiger partial charge is 0.271 e. The first-order chi connectivity index (χ1) is 9.56. The molecule has 1 amide bonds. The van der Waals surface area contributed by atoms with E-state index in [1.165, 1.54) is 0 Å². The van der Waals surface area contributed by atoms with Gasteiger partial charge >= 0.3 is 0 Å². The molecule has 0 saturated heterocycles. The molecular formula is C16H15BrN2O. The lowest BCUT2D eigenvalue weighted by Crippen LogP contribution is -2.19. The van der Waals surface area contributed by atoms with Gasteiger partial charge in [0.05, 0.1) is 5.71 Å². The number of rotatable bonds is 3. The van der Waals surface area contributed by atoms with E-state index in [0.717, 1.165) is 21.3 Å². The summed E-state index contributed by atoms with van der Waals surface area (Å²) in [4.78, 5) is 11.9. The maximum atomic E-state index is 11.9. The SMILES string of the molecule is C/C(=N\NC(=O)c1ccc(C)cc1)c1cccc(Br)c1. The van der Waals surface area contributed by atoms with Gasteiger partial charge in [-0.3, -0.25) is 4.79 Å². The molecule has 0 aliphatic rings. The van der Waals surface area contributed by atoms with Crippen LogP contribution in [0.1, 0.15) is 28.4 Å². The zero-order valence-electron chi connectivity index (χ0n) is 11.4. The number of nitrogens with one attached hydrogen (secondary N) is 1. The van der Waals surface area contributed by atoms with Crippen LogP contribution >= 0.6 is 15.9 Å². The molecule has 0 aliphatic heterocycles. The summed E-state index contributed by atoms with van der Waals surface area (Å²) >= 11 is 3.41. The molecule has 2 rings (SSSR count). The van der Waals surface area contributed by atoms with Gasteiger partial charge in [0, 0.05) is 10.0 Å². The Hall–Kier alpha value is -1.94. The molecule has 4 heteroatoms. The predicted octanol–water partition coefficient (Wildman–Crippen LogP) is 3.91. The van der Waals surface area contributed by atoms with E-state index in [9.17, 15) is 4.79 Å². The molecule has 0 saturated carbocycles. The van der Waals surface area contributed by atoms with Gasteiger partial charge < -0.3 is 0 Å². The first-order valence-electron chi connectivity index (χ1n) is 6.23. The molecule has 1 N–H and O–H groups in total. The van der Waals surface area contributed by atoms with Crippen LogP contribution in [0.2, 0.25) is 0 Å². The van der Waals surface area contributed by atoms with Crippen LogP contribution in [0.15, 0.2) is 58.1 Å². The van der Waals surface area contributed by atoms with Gasteiger partial charge in [-0.25, -0.2) is 5.43 Å². The van der Waals surface area contributed by atoms with E-state index in [4.69, 9.17) is 0 Å². The molecule has 0 aromatic heterocycles. The van der Waals surface area contributed by atoms with Crippen molar-refractivity contribution in [2.24, 2.45) is 5.10 Å². The number of amides is 1. The Morgan fingerprint density at radius 3 is 2.45 bits per heavy atom. The van der Waals surface area contributed by atoms with Crippen LogP contribution in [0, 0.1) is 6.92 Å². The Morgan fingerprint density at radius 1 is 1.10 bits per heavy atom. The summed E-state index contributed by atoms with van der Waals surface area (Å²) in [5, 5.41) is 4.13. The summed E-state index contributed by atoms with van der Waals surface area (Å²) in [5.74, 6) is -0.209. The number of benzene rings is 2. The number of carbonyl (C=O) groups is 1. The molecule has 0 unspecified atom stereocenters. The Labute approximate surface area is 126 Å². The van der Waals surface area contributed by atoms with Gasteiger partial charge in [0.2, 0.25) is 0 Å². The van der Waals surface area contributed by atoms with Gasteiger partial charge in [0.15, 0.2) is 0 Å². The van der Waals surface area contributed by atoms with E-state index in [2.05, 4.69) is 26.5 Å². The second-order valence-electron chi connectivity index (χ2n) is 4.51. The van der Waals surface area contributed by atoms with Crippen LogP contribution in [0.4, 0.5) is 0 Å². The fraction of sp³-hybridized carbons (Fsp3) is 0.125. The molecule has 0 bridgehead atoms. The lowest BCUT2D eigenvalue weighted by molar-refractivity contribution is 0.0955. The van der Waals surface area contributed by atoms with Crippen molar-refractivity contribution >= 4 is 27.5 Å². The van der Waals surface area contributed by atoms with Crippen molar-refractivity contribution in [1.29, 1.82) is 0 Å². The van der Waals surface area contributed by atoms with Gasteiger partial charge in [-0.2, -0.15) is 5.10 Å². The van der Waals surface area contributed by atoms with Gasteiger partial charge in [0.25, 0.3) is 5.91 Å². The maximum absolute atomic E-state index is 11.9. The summed E-state index contributed by atoms with van der Waals surface area (Å²) < 4.78 is 0.981. The zero-order valence-corrected chi connectivity index (χ0v) is 12.9. The van der Waals surface area contributed by atoms with Crippen molar-refractivity contribution in [3.05, 3.63) is 69.7 Å². The summed E-state index contributed by atoms with van der Waals surface area (Å²) in [6.45, 7) is 3.84.